The number of carbonyl (C=O) groups excluding carboxylic acids is 2. The number of ether oxygens (including phenoxy) is 2. The molecule has 0 aromatic heterocycles. The summed E-state index contributed by atoms with van der Waals surface area (Å²) < 4.78 is 10.7. The van der Waals surface area contributed by atoms with Crippen molar-refractivity contribution in [1.82, 2.24) is 0 Å². The third kappa shape index (κ3) is 5.59. The Morgan fingerprint density at radius 2 is 1.55 bits per heavy atom. The molecule has 0 bridgehead atoms. The van der Waals surface area contributed by atoms with E-state index in [1.54, 1.807) is 43.5 Å². The highest BCUT2D eigenvalue weighted by molar-refractivity contribution is 6.05. The lowest BCUT2D eigenvalue weighted by molar-refractivity contribution is -0.118. The Morgan fingerprint density at radius 1 is 0.862 bits per heavy atom. The third-order valence-corrected chi connectivity index (χ3v) is 4.18. The summed E-state index contributed by atoms with van der Waals surface area (Å²) in [7, 11) is 1.55. The first-order valence-electron chi connectivity index (χ1n) is 9.09. The molecule has 3 rings (SSSR count). The maximum absolute atomic E-state index is 12.4. The van der Waals surface area contributed by atoms with Gasteiger partial charge in [0.25, 0.3) is 11.8 Å². The van der Waals surface area contributed by atoms with E-state index in [4.69, 9.17) is 9.47 Å². The van der Waals surface area contributed by atoms with Gasteiger partial charge in [0, 0.05) is 11.3 Å². The summed E-state index contributed by atoms with van der Waals surface area (Å²) in [4.78, 5) is 24.4. The second kappa shape index (κ2) is 9.41. The number of benzene rings is 3. The number of aryl methyl sites for hydroxylation is 1. The SMILES string of the molecule is COc1ccccc1NC(=O)c1ccc(OCC(=O)Nc2ccc(C)cc2)cc1. The molecule has 0 atom stereocenters. The Kier molecular flexibility index (Phi) is 6.47. The minimum absolute atomic E-state index is 0.124. The predicted molar refractivity (Wildman–Crippen MR) is 113 cm³/mol. The van der Waals surface area contributed by atoms with E-state index in [0.29, 0.717) is 28.4 Å². The molecule has 148 valence electrons. The summed E-state index contributed by atoms with van der Waals surface area (Å²) in [5, 5.41) is 5.58. The van der Waals surface area contributed by atoms with Crippen LogP contribution in [0.4, 0.5) is 11.4 Å². The molecule has 0 aliphatic heterocycles. The first-order chi connectivity index (χ1) is 14.0. The lowest BCUT2D eigenvalue weighted by Crippen LogP contribution is -2.20. The number of rotatable bonds is 7. The molecular formula is C23H22N2O4. The summed E-state index contributed by atoms with van der Waals surface area (Å²) in [6.45, 7) is 1.86. The molecule has 0 unspecified atom stereocenters. The van der Waals surface area contributed by atoms with Crippen LogP contribution in [0.5, 0.6) is 11.5 Å². The van der Waals surface area contributed by atoms with Gasteiger partial charge >= 0.3 is 0 Å². The van der Waals surface area contributed by atoms with Gasteiger partial charge in [0.05, 0.1) is 12.8 Å². The van der Waals surface area contributed by atoms with Crippen molar-refractivity contribution in [3.63, 3.8) is 0 Å². The van der Waals surface area contributed by atoms with E-state index in [-0.39, 0.29) is 18.4 Å². The second-order valence-electron chi connectivity index (χ2n) is 6.38. The standard InChI is InChI=1S/C23H22N2O4/c1-16-7-11-18(12-8-16)24-22(26)15-29-19-13-9-17(10-14-19)23(27)25-20-5-3-4-6-21(20)28-2/h3-14H,15H2,1-2H3,(H,24,26)(H,25,27). The molecule has 0 saturated carbocycles. The molecule has 6 nitrogen and oxygen atoms in total. The van der Waals surface area contributed by atoms with Crippen LogP contribution in [0.1, 0.15) is 15.9 Å². The number of amides is 2. The van der Waals surface area contributed by atoms with Crippen molar-refractivity contribution in [2.75, 3.05) is 24.4 Å². The monoisotopic (exact) mass is 390 g/mol. The predicted octanol–water partition coefficient (Wildman–Crippen LogP) is 4.27. The van der Waals surface area contributed by atoms with E-state index in [1.165, 1.54) is 0 Å². The molecule has 0 heterocycles. The zero-order chi connectivity index (χ0) is 20.6. The molecule has 2 N–H and O–H groups in total. The topological polar surface area (TPSA) is 76.7 Å². The number of para-hydroxylation sites is 2. The van der Waals surface area contributed by atoms with Crippen LogP contribution in [-0.2, 0) is 4.79 Å². The van der Waals surface area contributed by atoms with Crippen molar-refractivity contribution < 1.29 is 19.1 Å². The van der Waals surface area contributed by atoms with Gasteiger partial charge in [-0.05, 0) is 55.5 Å². The maximum Gasteiger partial charge on any atom is 0.262 e. The normalized spacial score (nSPS) is 10.1. The van der Waals surface area contributed by atoms with Gasteiger partial charge in [-0.15, -0.1) is 0 Å². The molecule has 6 heteroatoms. The van der Waals surface area contributed by atoms with Gasteiger partial charge in [-0.2, -0.15) is 0 Å². The molecule has 29 heavy (non-hydrogen) atoms. The van der Waals surface area contributed by atoms with Gasteiger partial charge in [0.2, 0.25) is 0 Å². The lowest BCUT2D eigenvalue weighted by Gasteiger charge is -2.11. The van der Waals surface area contributed by atoms with E-state index in [1.807, 2.05) is 43.3 Å². The van der Waals surface area contributed by atoms with Crippen LogP contribution in [0.3, 0.4) is 0 Å². The fraction of sp³-hybridized carbons (Fsp3) is 0.130. The number of nitrogens with one attached hydrogen (secondary N) is 2. The minimum atomic E-state index is -0.266. The van der Waals surface area contributed by atoms with Crippen molar-refractivity contribution in [3.05, 3.63) is 83.9 Å². The average Bonchev–Trinajstić information content (AvgIpc) is 2.74. The third-order valence-electron chi connectivity index (χ3n) is 4.18. The smallest absolute Gasteiger partial charge is 0.262 e. The Morgan fingerprint density at radius 3 is 2.24 bits per heavy atom. The Bertz CT molecular complexity index is 983. The Balaban J connectivity index is 1.53. The van der Waals surface area contributed by atoms with Crippen molar-refractivity contribution in [1.29, 1.82) is 0 Å². The van der Waals surface area contributed by atoms with E-state index in [9.17, 15) is 9.59 Å². The minimum Gasteiger partial charge on any atom is -0.495 e. The summed E-state index contributed by atoms with van der Waals surface area (Å²) in [5.74, 6) is 0.559. The molecular weight excluding hydrogens is 368 g/mol. The molecule has 0 fully saturated rings. The van der Waals surface area contributed by atoms with Crippen molar-refractivity contribution in [2.45, 2.75) is 6.92 Å². The molecule has 0 aliphatic carbocycles. The van der Waals surface area contributed by atoms with Crippen molar-refractivity contribution >= 4 is 23.2 Å². The Labute approximate surface area is 169 Å². The van der Waals surface area contributed by atoms with Crippen LogP contribution in [0.25, 0.3) is 0 Å². The quantitative estimate of drug-likeness (QED) is 0.632. The number of hydrogen-bond acceptors (Lipinski definition) is 4. The number of hydrogen-bond donors (Lipinski definition) is 2. The second-order valence-corrected chi connectivity index (χ2v) is 6.38. The highest BCUT2D eigenvalue weighted by atomic mass is 16.5. The van der Waals surface area contributed by atoms with E-state index in [2.05, 4.69) is 10.6 Å². The molecule has 0 spiro atoms. The number of carbonyl (C=O) groups is 2. The fourth-order valence-electron chi connectivity index (χ4n) is 2.63. The summed E-state index contributed by atoms with van der Waals surface area (Å²) in [5.41, 5.74) is 2.89. The molecule has 0 radical (unpaired) electrons. The molecule has 0 aliphatic rings. The molecule has 0 saturated heterocycles. The first kappa shape index (κ1) is 19.9. The summed E-state index contributed by atoms with van der Waals surface area (Å²) >= 11 is 0. The van der Waals surface area contributed by atoms with Gasteiger partial charge in [-0.25, -0.2) is 0 Å². The average molecular weight is 390 g/mol. The largest absolute Gasteiger partial charge is 0.495 e. The summed E-state index contributed by atoms with van der Waals surface area (Å²) in [6.07, 6.45) is 0. The van der Waals surface area contributed by atoms with Crippen LogP contribution < -0.4 is 20.1 Å². The summed E-state index contributed by atoms with van der Waals surface area (Å²) in [6, 6.07) is 21.3. The maximum atomic E-state index is 12.4. The van der Waals surface area contributed by atoms with Crippen LogP contribution in [0, 0.1) is 6.92 Å². The van der Waals surface area contributed by atoms with Crippen LogP contribution in [0.2, 0.25) is 0 Å². The first-order valence-corrected chi connectivity index (χ1v) is 9.09. The van der Waals surface area contributed by atoms with Gasteiger partial charge in [-0.3, -0.25) is 9.59 Å². The number of anilines is 2. The lowest BCUT2D eigenvalue weighted by atomic mass is 10.2. The van der Waals surface area contributed by atoms with Gasteiger partial charge in [0.1, 0.15) is 11.5 Å². The number of methoxy groups -OCH3 is 1. The van der Waals surface area contributed by atoms with Crippen molar-refractivity contribution in [2.24, 2.45) is 0 Å². The highest BCUT2D eigenvalue weighted by Gasteiger charge is 2.10. The van der Waals surface area contributed by atoms with Crippen LogP contribution >= 0.6 is 0 Å². The van der Waals surface area contributed by atoms with Gasteiger partial charge in [0.15, 0.2) is 6.61 Å². The van der Waals surface area contributed by atoms with Gasteiger partial charge in [-0.1, -0.05) is 29.8 Å². The van der Waals surface area contributed by atoms with Gasteiger partial charge < -0.3 is 20.1 Å². The zero-order valence-electron chi connectivity index (χ0n) is 16.3. The molecule has 2 amide bonds. The van der Waals surface area contributed by atoms with Crippen molar-refractivity contribution in [3.8, 4) is 11.5 Å². The Hall–Kier alpha value is -3.80. The molecule has 3 aromatic rings. The van der Waals surface area contributed by atoms with Crippen LogP contribution in [0.15, 0.2) is 72.8 Å². The van der Waals surface area contributed by atoms with Crippen LogP contribution in [-0.4, -0.2) is 25.5 Å². The highest BCUT2D eigenvalue weighted by Crippen LogP contribution is 2.24. The zero-order valence-corrected chi connectivity index (χ0v) is 16.3. The molecule has 3 aromatic carbocycles. The van der Waals surface area contributed by atoms with E-state index in [0.717, 1.165) is 5.56 Å². The van der Waals surface area contributed by atoms with E-state index >= 15 is 0 Å². The fourth-order valence-corrected chi connectivity index (χ4v) is 2.63. The van der Waals surface area contributed by atoms with E-state index < -0.39 is 0 Å².